The summed E-state index contributed by atoms with van der Waals surface area (Å²) in [5, 5.41) is 12.7. The fourth-order valence-corrected chi connectivity index (χ4v) is 2.72. The first-order chi connectivity index (χ1) is 10.8. The van der Waals surface area contributed by atoms with Crippen molar-refractivity contribution >= 4 is 11.6 Å². The molecule has 0 unspecified atom stereocenters. The molecule has 114 valence electrons. The third kappa shape index (κ3) is 3.06. The van der Waals surface area contributed by atoms with E-state index in [0.717, 1.165) is 31.0 Å². The lowest BCUT2D eigenvalue weighted by atomic mass is 10.2. The first-order valence-corrected chi connectivity index (χ1v) is 7.69. The largest absolute Gasteiger partial charge is 0.508 e. The molecule has 0 amide bonds. The molecule has 0 atom stereocenters. The lowest BCUT2D eigenvalue weighted by molar-refractivity contribution is 0.475. The molecule has 0 radical (unpaired) electrons. The van der Waals surface area contributed by atoms with Crippen LogP contribution in [0.3, 0.4) is 0 Å². The van der Waals surface area contributed by atoms with Gasteiger partial charge in [0.05, 0.1) is 6.54 Å². The van der Waals surface area contributed by atoms with Gasteiger partial charge in [0.25, 0.3) is 0 Å². The molecule has 2 aromatic rings. The van der Waals surface area contributed by atoms with Crippen molar-refractivity contribution in [3.63, 3.8) is 0 Å². The lowest BCUT2D eigenvalue weighted by Gasteiger charge is -2.22. The fraction of sp³-hybridized carbons (Fsp3) is 0.278. The Morgan fingerprint density at radius 3 is 2.73 bits per heavy atom. The number of para-hydroxylation sites is 1. The van der Waals surface area contributed by atoms with Gasteiger partial charge in [-0.15, -0.1) is 0 Å². The Morgan fingerprint density at radius 2 is 1.95 bits per heavy atom. The van der Waals surface area contributed by atoms with Gasteiger partial charge in [-0.1, -0.05) is 30.3 Å². The van der Waals surface area contributed by atoms with Crippen LogP contribution < -0.4 is 10.2 Å². The summed E-state index contributed by atoms with van der Waals surface area (Å²) in [6, 6.07) is 15.7. The zero-order valence-corrected chi connectivity index (χ0v) is 12.8. The highest BCUT2D eigenvalue weighted by Crippen LogP contribution is 2.27. The number of nitrogens with one attached hydrogen (secondary N) is 1. The third-order valence-electron chi connectivity index (χ3n) is 3.83. The van der Waals surface area contributed by atoms with E-state index >= 15 is 0 Å². The summed E-state index contributed by atoms with van der Waals surface area (Å²) in [7, 11) is 0. The van der Waals surface area contributed by atoms with E-state index in [9.17, 15) is 5.11 Å². The van der Waals surface area contributed by atoms with E-state index in [4.69, 9.17) is 4.99 Å². The second-order valence-electron chi connectivity index (χ2n) is 5.37. The van der Waals surface area contributed by atoms with Crippen molar-refractivity contribution in [2.45, 2.75) is 19.9 Å². The monoisotopic (exact) mass is 295 g/mol. The number of nitrogens with zero attached hydrogens (tertiary/aromatic N) is 2. The molecule has 3 rings (SSSR count). The van der Waals surface area contributed by atoms with Crippen LogP contribution in [0.15, 0.2) is 53.5 Å². The molecule has 4 heteroatoms. The Bertz CT molecular complexity index is 664. The van der Waals surface area contributed by atoms with Crippen LogP contribution in [0.2, 0.25) is 0 Å². The van der Waals surface area contributed by atoms with E-state index in [1.165, 1.54) is 11.3 Å². The maximum Gasteiger partial charge on any atom is 0.198 e. The van der Waals surface area contributed by atoms with Gasteiger partial charge < -0.3 is 15.3 Å². The van der Waals surface area contributed by atoms with Crippen LogP contribution in [0.4, 0.5) is 5.69 Å². The molecule has 0 aromatic heterocycles. The molecule has 0 aliphatic carbocycles. The summed E-state index contributed by atoms with van der Waals surface area (Å²) >= 11 is 0. The maximum absolute atomic E-state index is 9.34. The molecule has 4 nitrogen and oxygen atoms in total. The Labute approximate surface area is 131 Å². The van der Waals surface area contributed by atoms with Crippen LogP contribution >= 0.6 is 0 Å². The van der Waals surface area contributed by atoms with Gasteiger partial charge in [-0.3, -0.25) is 0 Å². The third-order valence-corrected chi connectivity index (χ3v) is 3.83. The SMILES string of the molecule is CCNC(=NCc1ccc(O)cc1)N1CCc2ccccc21. The maximum atomic E-state index is 9.34. The molecule has 0 fully saturated rings. The summed E-state index contributed by atoms with van der Waals surface area (Å²) in [4.78, 5) is 6.99. The second kappa shape index (κ2) is 6.52. The number of phenols is 1. The molecule has 1 aliphatic rings. The number of aliphatic imine (C=N–C) groups is 1. The quantitative estimate of drug-likeness (QED) is 0.676. The number of hydrogen-bond acceptors (Lipinski definition) is 2. The summed E-state index contributed by atoms with van der Waals surface area (Å²) < 4.78 is 0. The van der Waals surface area contributed by atoms with Crippen LogP contribution in [-0.2, 0) is 13.0 Å². The smallest absolute Gasteiger partial charge is 0.198 e. The molecule has 1 heterocycles. The van der Waals surface area contributed by atoms with Gasteiger partial charge in [0.15, 0.2) is 5.96 Å². The fourth-order valence-electron chi connectivity index (χ4n) is 2.72. The highest BCUT2D eigenvalue weighted by Gasteiger charge is 2.22. The number of benzene rings is 2. The lowest BCUT2D eigenvalue weighted by Crippen LogP contribution is -2.40. The van der Waals surface area contributed by atoms with Crippen molar-refractivity contribution in [1.29, 1.82) is 0 Å². The minimum Gasteiger partial charge on any atom is -0.508 e. The van der Waals surface area contributed by atoms with Crippen molar-refractivity contribution in [3.05, 3.63) is 59.7 Å². The minimum atomic E-state index is 0.285. The summed E-state index contributed by atoms with van der Waals surface area (Å²) in [6.07, 6.45) is 1.06. The Hall–Kier alpha value is -2.49. The minimum absolute atomic E-state index is 0.285. The first kappa shape index (κ1) is 14.4. The van der Waals surface area contributed by atoms with Crippen LogP contribution in [0.1, 0.15) is 18.1 Å². The number of rotatable bonds is 3. The summed E-state index contributed by atoms with van der Waals surface area (Å²) in [5.41, 5.74) is 3.70. The van der Waals surface area contributed by atoms with Gasteiger partial charge in [0.1, 0.15) is 5.75 Å². The predicted molar refractivity (Wildman–Crippen MR) is 90.4 cm³/mol. The Morgan fingerprint density at radius 1 is 1.18 bits per heavy atom. The number of aromatic hydroxyl groups is 1. The van der Waals surface area contributed by atoms with Crippen molar-refractivity contribution in [1.82, 2.24) is 5.32 Å². The molecule has 1 aliphatic heterocycles. The van der Waals surface area contributed by atoms with E-state index in [0.29, 0.717) is 6.54 Å². The van der Waals surface area contributed by atoms with Gasteiger partial charge in [0, 0.05) is 18.8 Å². The number of guanidine groups is 1. The molecule has 0 saturated carbocycles. The topological polar surface area (TPSA) is 47.9 Å². The predicted octanol–water partition coefficient (Wildman–Crippen LogP) is 2.92. The van der Waals surface area contributed by atoms with E-state index in [2.05, 4.69) is 41.4 Å². The number of phenolic OH excluding ortho intramolecular Hbond substituents is 1. The Balaban J connectivity index is 1.81. The molecular weight excluding hydrogens is 274 g/mol. The average Bonchev–Trinajstić information content (AvgIpc) is 2.97. The zero-order chi connectivity index (χ0) is 15.4. The van der Waals surface area contributed by atoms with Crippen molar-refractivity contribution < 1.29 is 5.11 Å². The van der Waals surface area contributed by atoms with Crippen LogP contribution in [0.5, 0.6) is 5.75 Å². The van der Waals surface area contributed by atoms with Gasteiger partial charge in [-0.05, 0) is 42.7 Å². The van der Waals surface area contributed by atoms with Gasteiger partial charge in [0.2, 0.25) is 0 Å². The Kier molecular flexibility index (Phi) is 4.28. The van der Waals surface area contributed by atoms with E-state index in [-0.39, 0.29) is 5.75 Å². The zero-order valence-electron chi connectivity index (χ0n) is 12.8. The molecule has 0 spiro atoms. The summed E-state index contributed by atoms with van der Waals surface area (Å²) in [6.45, 7) is 4.48. The molecule has 2 N–H and O–H groups in total. The molecule has 2 aromatic carbocycles. The van der Waals surface area contributed by atoms with Crippen LogP contribution in [0, 0.1) is 0 Å². The number of anilines is 1. The average molecular weight is 295 g/mol. The molecule has 0 bridgehead atoms. The van der Waals surface area contributed by atoms with Gasteiger partial charge in [-0.2, -0.15) is 0 Å². The van der Waals surface area contributed by atoms with Crippen LogP contribution in [0.25, 0.3) is 0 Å². The standard InChI is InChI=1S/C18H21N3O/c1-2-19-18(20-13-14-7-9-16(22)10-8-14)21-12-11-15-5-3-4-6-17(15)21/h3-10,22H,2,11-13H2,1H3,(H,19,20). The van der Waals surface area contributed by atoms with E-state index in [1.54, 1.807) is 12.1 Å². The second-order valence-corrected chi connectivity index (χ2v) is 5.37. The van der Waals surface area contributed by atoms with E-state index < -0.39 is 0 Å². The van der Waals surface area contributed by atoms with Gasteiger partial charge in [-0.25, -0.2) is 4.99 Å². The molecule has 0 saturated heterocycles. The normalized spacial score (nSPS) is 14.0. The number of fused-ring (bicyclic) bond motifs is 1. The first-order valence-electron chi connectivity index (χ1n) is 7.69. The highest BCUT2D eigenvalue weighted by atomic mass is 16.3. The van der Waals surface area contributed by atoms with Crippen molar-refractivity contribution in [2.24, 2.45) is 4.99 Å². The van der Waals surface area contributed by atoms with Gasteiger partial charge >= 0.3 is 0 Å². The molecular formula is C18H21N3O. The highest BCUT2D eigenvalue weighted by molar-refractivity contribution is 5.97. The van der Waals surface area contributed by atoms with Crippen LogP contribution in [-0.4, -0.2) is 24.2 Å². The molecule has 22 heavy (non-hydrogen) atoms. The van der Waals surface area contributed by atoms with Crippen molar-refractivity contribution in [2.75, 3.05) is 18.0 Å². The van der Waals surface area contributed by atoms with E-state index in [1.807, 2.05) is 12.1 Å². The number of hydrogen-bond donors (Lipinski definition) is 2. The van der Waals surface area contributed by atoms with Crippen molar-refractivity contribution in [3.8, 4) is 5.75 Å². The summed E-state index contributed by atoms with van der Waals surface area (Å²) in [5.74, 6) is 1.20.